The summed E-state index contributed by atoms with van der Waals surface area (Å²) < 4.78 is 1.97. The molecule has 6 heteroatoms. The first-order valence-corrected chi connectivity index (χ1v) is 6.60. The minimum absolute atomic E-state index is 0.0359. The average molecular weight is 274 g/mol. The third-order valence-electron chi connectivity index (χ3n) is 3.23. The highest BCUT2D eigenvalue weighted by molar-refractivity contribution is 7.80. The standard InChI is InChI=1S/C13H14N4OS/c1-9-12(18)17(13(19)14-9)7-5-10-8-16-6-3-2-4-11(16)15-10/h2-4,6,8-9H,5,7H2,1H3,(H,14,19)/t9-/m0/s1. The first-order valence-electron chi connectivity index (χ1n) is 6.19. The zero-order valence-electron chi connectivity index (χ0n) is 10.5. The minimum atomic E-state index is -0.214. The summed E-state index contributed by atoms with van der Waals surface area (Å²) in [4.78, 5) is 18.0. The predicted octanol–water partition coefficient (Wildman–Crippen LogP) is 0.982. The average Bonchev–Trinajstić information content (AvgIpc) is 2.90. The van der Waals surface area contributed by atoms with Crippen molar-refractivity contribution >= 4 is 28.9 Å². The number of rotatable bonds is 3. The highest BCUT2D eigenvalue weighted by atomic mass is 32.1. The summed E-state index contributed by atoms with van der Waals surface area (Å²) >= 11 is 5.14. The number of nitrogens with zero attached hydrogens (tertiary/aromatic N) is 3. The number of carbonyl (C=O) groups is 1. The zero-order chi connectivity index (χ0) is 13.4. The van der Waals surface area contributed by atoms with Crippen molar-refractivity contribution in [2.45, 2.75) is 19.4 Å². The van der Waals surface area contributed by atoms with Crippen molar-refractivity contribution in [3.8, 4) is 0 Å². The van der Waals surface area contributed by atoms with Crippen LogP contribution in [0.5, 0.6) is 0 Å². The lowest BCUT2D eigenvalue weighted by Crippen LogP contribution is -2.32. The number of hydrogen-bond acceptors (Lipinski definition) is 3. The molecule has 2 aromatic rings. The lowest BCUT2D eigenvalue weighted by Gasteiger charge is -2.13. The molecule has 1 atom stereocenters. The minimum Gasteiger partial charge on any atom is -0.351 e. The van der Waals surface area contributed by atoms with E-state index in [4.69, 9.17) is 12.2 Å². The van der Waals surface area contributed by atoms with Crippen LogP contribution in [0.2, 0.25) is 0 Å². The Kier molecular flexibility index (Phi) is 2.94. The SMILES string of the molecule is C[C@@H]1NC(=S)N(CCc2cn3ccccc3n2)C1=O. The first-order chi connectivity index (χ1) is 9.15. The van der Waals surface area contributed by atoms with Crippen molar-refractivity contribution in [2.75, 3.05) is 6.54 Å². The quantitative estimate of drug-likeness (QED) is 0.848. The molecule has 5 nitrogen and oxygen atoms in total. The fourth-order valence-corrected chi connectivity index (χ4v) is 2.56. The Labute approximate surface area is 116 Å². The molecule has 0 bridgehead atoms. The van der Waals surface area contributed by atoms with Crippen LogP contribution in [0.3, 0.4) is 0 Å². The molecular weight excluding hydrogens is 260 g/mol. The van der Waals surface area contributed by atoms with E-state index in [1.165, 1.54) is 0 Å². The molecule has 1 fully saturated rings. The summed E-state index contributed by atoms with van der Waals surface area (Å²) in [6.07, 6.45) is 4.64. The van der Waals surface area contributed by atoms with Gasteiger partial charge in [0.15, 0.2) is 5.11 Å². The molecule has 0 radical (unpaired) electrons. The number of thiocarbonyl (C=S) groups is 1. The molecule has 3 rings (SSSR count). The maximum atomic E-state index is 11.9. The molecule has 0 saturated carbocycles. The van der Waals surface area contributed by atoms with Crippen molar-refractivity contribution < 1.29 is 4.79 Å². The summed E-state index contributed by atoms with van der Waals surface area (Å²) in [6.45, 7) is 2.39. The number of amides is 1. The fraction of sp³-hybridized carbons (Fsp3) is 0.308. The molecule has 1 amide bonds. The Morgan fingerprint density at radius 2 is 2.32 bits per heavy atom. The number of pyridine rings is 1. The van der Waals surface area contributed by atoms with Crippen LogP contribution in [0.4, 0.5) is 0 Å². The zero-order valence-corrected chi connectivity index (χ0v) is 11.4. The van der Waals surface area contributed by atoms with Gasteiger partial charge in [-0.15, -0.1) is 0 Å². The van der Waals surface area contributed by atoms with Crippen molar-refractivity contribution in [1.29, 1.82) is 0 Å². The normalized spacial score (nSPS) is 19.2. The Hall–Kier alpha value is -1.95. The van der Waals surface area contributed by atoms with E-state index in [1.54, 1.807) is 4.90 Å². The number of aromatic nitrogens is 2. The molecule has 98 valence electrons. The summed E-state index contributed by atoms with van der Waals surface area (Å²) in [6, 6.07) is 5.66. The van der Waals surface area contributed by atoms with E-state index in [0.29, 0.717) is 18.1 Å². The molecule has 1 N–H and O–H groups in total. The summed E-state index contributed by atoms with van der Waals surface area (Å²) in [5.41, 5.74) is 1.88. The van der Waals surface area contributed by atoms with Crippen molar-refractivity contribution in [3.63, 3.8) is 0 Å². The van der Waals surface area contributed by atoms with E-state index in [9.17, 15) is 4.79 Å². The van der Waals surface area contributed by atoms with Crippen molar-refractivity contribution in [2.24, 2.45) is 0 Å². The van der Waals surface area contributed by atoms with Crippen LogP contribution in [-0.4, -0.2) is 37.9 Å². The molecule has 0 aromatic carbocycles. The monoisotopic (exact) mass is 274 g/mol. The molecule has 2 aromatic heterocycles. The van der Waals surface area contributed by atoms with E-state index in [2.05, 4.69) is 10.3 Å². The molecule has 19 heavy (non-hydrogen) atoms. The summed E-state index contributed by atoms with van der Waals surface area (Å²) in [7, 11) is 0. The summed E-state index contributed by atoms with van der Waals surface area (Å²) in [5, 5.41) is 3.48. The lowest BCUT2D eigenvalue weighted by atomic mass is 10.3. The largest absolute Gasteiger partial charge is 0.351 e. The van der Waals surface area contributed by atoms with Gasteiger partial charge in [0.2, 0.25) is 0 Å². The third kappa shape index (κ3) is 2.19. The maximum Gasteiger partial charge on any atom is 0.251 e. The van der Waals surface area contributed by atoms with E-state index in [1.807, 2.05) is 41.9 Å². The molecule has 0 spiro atoms. The second-order valence-corrected chi connectivity index (χ2v) is 5.00. The number of hydrogen-bond donors (Lipinski definition) is 1. The van der Waals surface area contributed by atoms with Gasteiger partial charge < -0.3 is 9.72 Å². The Bertz CT molecular complexity index is 618. The highest BCUT2D eigenvalue weighted by Crippen LogP contribution is 2.09. The van der Waals surface area contributed by atoms with Gasteiger partial charge in [-0.05, 0) is 31.3 Å². The van der Waals surface area contributed by atoms with E-state index < -0.39 is 0 Å². The van der Waals surface area contributed by atoms with Crippen molar-refractivity contribution in [1.82, 2.24) is 19.6 Å². The van der Waals surface area contributed by atoms with Crippen molar-refractivity contribution in [3.05, 3.63) is 36.3 Å². The molecule has 0 unspecified atom stereocenters. The third-order valence-corrected chi connectivity index (χ3v) is 3.57. The second kappa shape index (κ2) is 4.62. The van der Waals surface area contributed by atoms with Crippen LogP contribution in [0.1, 0.15) is 12.6 Å². The first kappa shape index (κ1) is 12.1. The molecule has 3 heterocycles. The van der Waals surface area contributed by atoms with Gasteiger partial charge in [0.25, 0.3) is 5.91 Å². The predicted molar refractivity (Wildman–Crippen MR) is 75.8 cm³/mol. The number of fused-ring (bicyclic) bond motifs is 1. The van der Waals surface area contributed by atoms with Crippen LogP contribution >= 0.6 is 12.2 Å². The van der Waals surface area contributed by atoms with Crippen LogP contribution < -0.4 is 5.32 Å². The highest BCUT2D eigenvalue weighted by Gasteiger charge is 2.31. The van der Waals surface area contributed by atoms with Gasteiger partial charge in [-0.3, -0.25) is 9.69 Å². The van der Waals surface area contributed by atoms with E-state index >= 15 is 0 Å². The maximum absolute atomic E-state index is 11.9. The van der Waals surface area contributed by atoms with Gasteiger partial charge in [-0.25, -0.2) is 4.98 Å². The van der Waals surface area contributed by atoms with Gasteiger partial charge in [0.1, 0.15) is 11.7 Å². The number of nitrogens with one attached hydrogen (secondary N) is 1. The smallest absolute Gasteiger partial charge is 0.251 e. The van der Waals surface area contributed by atoms with Crippen LogP contribution in [-0.2, 0) is 11.2 Å². The van der Waals surface area contributed by atoms with E-state index in [0.717, 1.165) is 11.3 Å². The van der Waals surface area contributed by atoms with Gasteiger partial charge >= 0.3 is 0 Å². The van der Waals surface area contributed by atoms with Crippen LogP contribution in [0.15, 0.2) is 30.6 Å². The molecule has 1 aliphatic heterocycles. The van der Waals surface area contributed by atoms with Crippen LogP contribution in [0, 0.1) is 0 Å². The number of carbonyl (C=O) groups excluding carboxylic acids is 1. The van der Waals surface area contributed by atoms with Gasteiger partial charge in [-0.1, -0.05) is 6.07 Å². The van der Waals surface area contributed by atoms with Crippen LogP contribution in [0.25, 0.3) is 5.65 Å². The fourth-order valence-electron chi connectivity index (χ4n) is 2.20. The van der Waals surface area contributed by atoms with Gasteiger partial charge in [0.05, 0.1) is 5.69 Å². The lowest BCUT2D eigenvalue weighted by molar-refractivity contribution is -0.126. The molecule has 0 aliphatic carbocycles. The van der Waals surface area contributed by atoms with E-state index in [-0.39, 0.29) is 11.9 Å². The molecular formula is C13H14N4OS. The molecule has 1 saturated heterocycles. The van der Waals surface area contributed by atoms with Gasteiger partial charge in [0, 0.05) is 25.4 Å². The second-order valence-electron chi connectivity index (χ2n) is 4.61. The molecule has 1 aliphatic rings. The Morgan fingerprint density at radius 3 is 3.00 bits per heavy atom. The summed E-state index contributed by atoms with van der Waals surface area (Å²) in [5.74, 6) is 0.0359. The van der Waals surface area contributed by atoms with Gasteiger partial charge in [-0.2, -0.15) is 0 Å². The Morgan fingerprint density at radius 1 is 1.47 bits per heavy atom. The number of imidazole rings is 1. The topological polar surface area (TPSA) is 49.6 Å². The Balaban J connectivity index is 1.72.